The highest BCUT2D eigenvalue weighted by atomic mass is 16.3. The number of furan rings is 1. The Kier molecular flexibility index (Phi) is 4.76. The van der Waals surface area contributed by atoms with Crippen molar-refractivity contribution >= 4 is 71.8 Å². The number of rotatable bonds is 3. The summed E-state index contributed by atoms with van der Waals surface area (Å²) in [7, 11) is 0. The maximum absolute atomic E-state index is 10.3. The third-order valence-electron chi connectivity index (χ3n) is 8.65. The number of aromatic nitrogens is 2. The zero-order valence-electron chi connectivity index (χ0n) is 22.9. The molecule has 9 aromatic rings. The minimum atomic E-state index is 0.521. The lowest BCUT2D eigenvalue weighted by Gasteiger charge is -2.18. The molecule has 43 heavy (non-hydrogen) atoms. The first kappa shape index (κ1) is 23.6. The van der Waals surface area contributed by atoms with Crippen LogP contribution in [0.4, 0.5) is 0 Å². The van der Waals surface area contributed by atoms with E-state index in [1.165, 1.54) is 6.21 Å². The van der Waals surface area contributed by atoms with Crippen LogP contribution >= 0.6 is 0 Å². The molecule has 0 saturated heterocycles. The molecule has 3 heterocycles. The van der Waals surface area contributed by atoms with Crippen LogP contribution in [0.15, 0.2) is 126 Å². The zero-order chi connectivity index (χ0) is 28.7. The number of hydrogen-bond donors (Lipinski definition) is 1. The monoisotopic (exact) mass is 550 g/mol. The number of benzene rings is 6. The molecule has 3 aromatic heterocycles. The van der Waals surface area contributed by atoms with Crippen molar-refractivity contribution in [3.8, 4) is 17.4 Å². The molecule has 0 aliphatic heterocycles. The van der Waals surface area contributed by atoms with Gasteiger partial charge in [0.1, 0.15) is 11.2 Å². The van der Waals surface area contributed by atoms with E-state index in [0.717, 1.165) is 82.5 Å². The topological polar surface area (TPSA) is 70.6 Å². The molecule has 0 unspecified atom stereocenters. The molecule has 0 fully saturated rings. The molecule has 5 nitrogen and oxygen atoms in total. The average Bonchev–Trinajstić information content (AvgIpc) is 3.71. The largest absolute Gasteiger partial charge is 0.455 e. The lowest BCUT2D eigenvalue weighted by molar-refractivity contribution is 0.673. The highest BCUT2D eigenvalue weighted by Gasteiger charge is 2.23. The van der Waals surface area contributed by atoms with E-state index >= 15 is 0 Å². The van der Waals surface area contributed by atoms with Gasteiger partial charge in [0.25, 0.3) is 0 Å². The summed E-state index contributed by atoms with van der Waals surface area (Å²) in [6.07, 6.45) is 1.41. The minimum Gasteiger partial charge on any atom is -0.455 e. The molecule has 0 atom stereocenters. The fourth-order valence-electron chi connectivity index (χ4n) is 6.88. The van der Waals surface area contributed by atoms with Crippen LogP contribution in [0.25, 0.3) is 76.9 Å². The number of fused-ring (bicyclic) bond motifs is 10. The van der Waals surface area contributed by atoms with Crippen molar-refractivity contribution in [3.05, 3.63) is 132 Å². The summed E-state index contributed by atoms with van der Waals surface area (Å²) in [6.45, 7) is 0. The van der Waals surface area contributed by atoms with Gasteiger partial charge in [-0.3, -0.25) is 0 Å². The van der Waals surface area contributed by atoms with Crippen molar-refractivity contribution in [2.45, 2.75) is 0 Å². The molecule has 6 aromatic carbocycles. The predicted octanol–water partition coefficient (Wildman–Crippen LogP) is 9.65. The molecule has 0 aliphatic rings. The van der Waals surface area contributed by atoms with Crippen LogP contribution in [0.3, 0.4) is 0 Å². The Morgan fingerprint density at radius 1 is 0.581 bits per heavy atom. The van der Waals surface area contributed by atoms with Crippen molar-refractivity contribution in [3.63, 3.8) is 0 Å². The third-order valence-corrected chi connectivity index (χ3v) is 8.65. The Morgan fingerprint density at radius 3 is 1.74 bits per heavy atom. The average molecular weight is 551 g/mol. The standard InChI is InChI=1S/C38H22N4O/c39-21-23-19-34(41-30-13-5-1-9-24(30)25-10-2-6-14-31(25)41)29(22-40)35(20-23)42-32-15-7-3-12-28(32)37-33(42)18-17-27-26-11-4-8-16-36(26)43-38(27)37/h1-20,22,40H. The summed E-state index contributed by atoms with van der Waals surface area (Å²) in [5.74, 6) is 0. The van der Waals surface area contributed by atoms with Crippen molar-refractivity contribution < 1.29 is 4.42 Å². The summed E-state index contributed by atoms with van der Waals surface area (Å²) in [4.78, 5) is 0. The van der Waals surface area contributed by atoms with Gasteiger partial charge in [-0.1, -0.05) is 72.8 Å². The van der Waals surface area contributed by atoms with Crippen LogP contribution in [-0.2, 0) is 0 Å². The molecule has 9 rings (SSSR count). The SMILES string of the molecule is N#Cc1cc(-n2c3ccccc3c3ccccc32)c(C=N)c(-n2c3ccccc3c3c4oc5ccccc5c4ccc32)c1. The van der Waals surface area contributed by atoms with Gasteiger partial charge in [0, 0.05) is 38.7 Å². The van der Waals surface area contributed by atoms with Gasteiger partial charge in [0.2, 0.25) is 0 Å². The highest BCUT2D eigenvalue weighted by molar-refractivity contribution is 6.24. The summed E-state index contributed by atoms with van der Waals surface area (Å²) < 4.78 is 10.8. The van der Waals surface area contributed by atoms with Gasteiger partial charge in [-0.2, -0.15) is 5.26 Å². The summed E-state index contributed by atoms with van der Waals surface area (Å²) in [6, 6.07) is 43.4. The Hall–Kier alpha value is -6.12. The van der Waals surface area contributed by atoms with E-state index in [2.05, 4.69) is 69.8 Å². The minimum absolute atomic E-state index is 0.521. The van der Waals surface area contributed by atoms with Crippen LogP contribution in [0.5, 0.6) is 0 Å². The molecular weight excluding hydrogens is 528 g/mol. The maximum Gasteiger partial charge on any atom is 0.145 e. The Balaban J connectivity index is 1.45. The van der Waals surface area contributed by atoms with Crippen LogP contribution < -0.4 is 0 Å². The first-order valence-electron chi connectivity index (χ1n) is 14.2. The Morgan fingerprint density at radius 2 is 1.12 bits per heavy atom. The number of nitriles is 1. The van der Waals surface area contributed by atoms with Crippen molar-refractivity contribution in [2.75, 3.05) is 0 Å². The van der Waals surface area contributed by atoms with E-state index in [4.69, 9.17) is 9.83 Å². The smallest absolute Gasteiger partial charge is 0.145 e. The zero-order valence-corrected chi connectivity index (χ0v) is 22.9. The lowest BCUT2D eigenvalue weighted by atomic mass is 10.1. The summed E-state index contributed by atoms with van der Waals surface area (Å²) in [5.41, 5.74) is 8.48. The quantitative estimate of drug-likeness (QED) is 0.223. The molecule has 0 spiro atoms. The fraction of sp³-hybridized carbons (Fsp3) is 0. The Labute approximate surface area is 245 Å². The van der Waals surface area contributed by atoms with Gasteiger partial charge in [0.05, 0.1) is 50.5 Å². The molecule has 200 valence electrons. The molecule has 0 aliphatic carbocycles. The number of hydrogen-bond acceptors (Lipinski definition) is 3. The molecule has 0 amide bonds. The Bertz CT molecular complexity index is 2610. The van der Waals surface area contributed by atoms with Crippen LogP contribution in [-0.4, -0.2) is 15.3 Å². The second kappa shape index (κ2) is 8.69. The molecule has 0 bridgehead atoms. The second-order valence-electron chi connectivity index (χ2n) is 10.8. The second-order valence-corrected chi connectivity index (χ2v) is 10.8. The lowest BCUT2D eigenvalue weighted by Crippen LogP contribution is -2.07. The number of para-hydroxylation sites is 4. The van der Waals surface area contributed by atoms with Crippen LogP contribution in [0.1, 0.15) is 11.1 Å². The molecule has 5 heteroatoms. The summed E-state index contributed by atoms with van der Waals surface area (Å²) in [5, 5.41) is 25.5. The molecule has 1 N–H and O–H groups in total. The molecular formula is C38H22N4O. The van der Waals surface area contributed by atoms with E-state index < -0.39 is 0 Å². The normalized spacial score (nSPS) is 11.8. The third kappa shape index (κ3) is 3.12. The van der Waals surface area contributed by atoms with Crippen molar-refractivity contribution in [2.24, 2.45) is 0 Å². The van der Waals surface area contributed by atoms with E-state index in [1.807, 2.05) is 66.7 Å². The molecule has 0 radical (unpaired) electrons. The van der Waals surface area contributed by atoms with Crippen molar-refractivity contribution in [1.82, 2.24) is 9.13 Å². The highest BCUT2D eigenvalue weighted by Crippen LogP contribution is 2.42. The van der Waals surface area contributed by atoms with E-state index in [0.29, 0.717) is 5.56 Å². The van der Waals surface area contributed by atoms with Gasteiger partial charge in [-0.05, 0) is 48.5 Å². The van der Waals surface area contributed by atoms with Gasteiger partial charge in [0.15, 0.2) is 0 Å². The fourth-order valence-corrected chi connectivity index (χ4v) is 6.88. The van der Waals surface area contributed by atoms with E-state index in [-0.39, 0.29) is 0 Å². The first-order chi connectivity index (χ1) is 21.3. The van der Waals surface area contributed by atoms with Gasteiger partial charge in [-0.25, -0.2) is 0 Å². The summed E-state index contributed by atoms with van der Waals surface area (Å²) >= 11 is 0. The number of nitrogens with zero attached hydrogens (tertiary/aromatic N) is 3. The van der Waals surface area contributed by atoms with Gasteiger partial charge in [-0.15, -0.1) is 0 Å². The van der Waals surface area contributed by atoms with Gasteiger partial charge >= 0.3 is 0 Å². The molecule has 0 saturated carbocycles. The predicted molar refractivity (Wildman–Crippen MR) is 175 cm³/mol. The van der Waals surface area contributed by atoms with Crippen LogP contribution in [0.2, 0.25) is 0 Å². The first-order valence-corrected chi connectivity index (χ1v) is 14.2. The van der Waals surface area contributed by atoms with Crippen LogP contribution in [0, 0.1) is 16.7 Å². The van der Waals surface area contributed by atoms with Crippen molar-refractivity contribution in [1.29, 1.82) is 10.7 Å². The van der Waals surface area contributed by atoms with E-state index in [9.17, 15) is 5.26 Å². The van der Waals surface area contributed by atoms with E-state index in [1.54, 1.807) is 0 Å². The maximum atomic E-state index is 10.3. The number of nitrogens with one attached hydrogen (secondary N) is 1. The van der Waals surface area contributed by atoms with Gasteiger partial charge < -0.3 is 19.0 Å².